The zero-order valence-electron chi connectivity index (χ0n) is 13.8. The lowest BCUT2D eigenvalue weighted by Crippen LogP contribution is -2.37. The van der Waals surface area contributed by atoms with Gasteiger partial charge in [-0.05, 0) is 17.5 Å². The summed E-state index contributed by atoms with van der Waals surface area (Å²) >= 11 is 0. The predicted molar refractivity (Wildman–Crippen MR) is 95.6 cm³/mol. The van der Waals surface area contributed by atoms with Crippen LogP contribution in [0.1, 0.15) is 0 Å². The molecular weight excluding hydrogens is 318 g/mol. The minimum atomic E-state index is -0.107. The largest absolute Gasteiger partial charge is 0.378 e. The summed E-state index contributed by atoms with van der Waals surface area (Å²) in [5.74, 6) is 0.557. The molecule has 0 unspecified atom stereocenters. The summed E-state index contributed by atoms with van der Waals surface area (Å²) in [4.78, 5) is 23.0. The van der Waals surface area contributed by atoms with Crippen LogP contribution < -0.4 is 10.2 Å². The molecule has 1 aromatic carbocycles. The molecule has 1 saturated heterocycles. The van der Waals surface area contributed by atoms with E-state index in [0.717, 1.165) is 24.0 Å². The average Bonchev–Trinajstić information content (AvgIpc) is 3.06. The average molecular weight is 337 g/mol. The molecule has 1 aliphatic heterocycles. The maximum Gasteiger partial charge on any atom is 0.244 e. The number of amides is 1. The molecule has 0 bridgehead atoms. The lowest BCUT2D eigenvalue weighted by molar-refractivity contribution is -0.116. The maximum atomic E-state index is 12.3. The van der Waals surface area contributed by atoms with E-state index in [0.29, 0.717) is 24.8 Å². The Balaban J connectivity index is 1.40. The fourth-order valence-electron chi connectivity index (χ4n) is 2.95. The second-order valence-corrected chi connectivity index (χ2v) is 5.92. The van der Waals surface area contributed by atoms with Crippen LogP contribution in [-0.4, -0.2) is 46.7 Å². The molecule has 128 valence electrons. The Kier molecular flexibility index (Phi) is 4.30. The van der Waals surface area contributed by atoms with Gasteiger partial charge in [0.2, 0.25) is 11.9 Å². The number of benzene rings is 1. The van der Waals surface area contributed by atoms with Crippen molar-refractivity contribution in [2.24, 2.45) is 0 Å². The number of hydrogen-bond donors (Lipinski definition) is 1. The van der Waals surface area contributed by atoms with E-state index in [1.807, 2.05) is 41.1 Å². The van der Waals surface area contributed by atoms with E-state index in [1.165, 1.54) is 0 Å². The van der Waals surface area contributed by atoms with Crippen molar-refractivity contribution in [3.05, 3.63) is 48.9 Å². The van der Waals surface area contributed by atoms with Gasteiger partial charge < -0.3 is 19.5 Å². The molecule has 7 heteroatoms. The number of morpholine rings is 1. The fraction of sp³-hybridized carbons (Fsp3) is 0.278. The van der Waals surface area contributed by atoms with Crippen molar-refractivity contribution in [2.75, 3.05) is 36.5 Å². The van der Waals surface area contributed by atoms with Crippen molar-refractivity contribution < 1.29 is 9.53 Å². The van der Waals surface area contributed by atoms with Crippen molar-refractivity contribution in [1.82, 2.24) is 14.5 Å². The third-order valence-corrected chi connectivity index (χ3v) is 4.21. The highest BCUT2D eigenvalue weighted by Gasteiger charge is 2.14. The number of fused-ring (bicyclic) bond motifs is 1. The lowest BCUT2D eigenvalue weighted by Gasteiger charge is -2.26. The van der Waals surface area contributed by atoms with Gasteiger partial charge in [-0.15, -0.1) is 0 Å². The molecule has 1 aliphatic rings. The first-order valence-corrected chi connectivity index (χ1v) is 8.28. The number of hydrogen-bond acceptors (Lipinski definition) is 5. The van der Waals surface area contributed by atoms with Gasteiger partial charge in [0.1, 0.15) is 6.54 Å². The quantitative estimate of drug-likeness (QED) is 0.787. The molecule has 25 heavy (non-hydrogen) atoms. The zero-order chi connectivity index (χ0) is 17.1. The van der Waals surface area contributed by atoms with Gasteiger partial charge in [-0.1, -0.05) is 18.2 Å². The molecular formula is C18H19N5O2. The van der Waals surface area contributed by atoms with Crippen LogP contribution in [0.15, 0.2) is 48.9 Å². The van der Waals surface area contributed by atoms with Crippen LogP contribution in [0, 0.1) is 0 Å². The molecule has 3 heterocycles. The summed E-state index contributed by atoms with van der Waals surface area (Å²) in [5, 5.41) is 3.97. The molecule has 0 spiro atoms. The van der Waals surface area contributed by atoms with Gasteiger partial charge in [-0.25, -0.2) is 9.97 Å². The van der Waals surface area contributed by atoms with Gasteiger partial charge in [0.05, 0.1) is 31.3 Å². The van der Waals surface area contributed by atoms with Crippen LogP contribution in [0.4, 0.5) is 11.6 Å². The van der Waals surface area contributed by atoms with E-state index in [1.54, 1.807) is 12.4 Å². The molecule has 2 aromatic heterocycles. The number of rotatable bonds is 4. The van der Waals surface area contributed by atoms with E-state index in [-0.39, 0.29) is 12.5 Å². The fourth-order valence-corrected chi connectivity index (χ4v) is 2.95. The van der Waals surface area contributed by atoms with Gasteiger partial charge >= 0.3 is 0 Å². The first-order chi connectivity index (χ1) is 12.3. The van der Waals surface area contributed by atoms with Gasteiger partial charge in [0.25, 0.3) is 0 Å². The standard InChI is InChI=1S/C18H19N5O2/c24-17(13-23-6-5-14-3-1-2-4-16(14)23)21-15-11-19-18(20-12-15)22-7-9-25-10-8-22/h1-6,11-12H,7-10,13H2,(H,21,24). The van der Waals surface area contributed by atoms with Crippen LogP contribution in [0.25, 0.3) is 10.9 Å². The minimum absolute atomic E-state index is 0.107. The number of carbonyl (C=O) groups is 1. The second kappa shape index (κ2) is 6.90. The van der Waals surface area contributed by atoms with E-state index in [9.17, 15) is 4.79 Å². The maximum absolute atomic E-state index is 12.3. The molecule has 1 N–H and O–H groups in total. The van der Waals surface area contributed by atoms with Crippen molar-refractivity contribution in [1.29, 1.82) is 0 Å². The molecule has 3 aromatic rings. The lowest BCUT2D eigenvalue weighted by atomic mass is 10.2. The topological polar surface area (TPSA) is 72.3 Å². The monoisotopic (exact) mass is 337 g/mol. The van der Waals surface area contributed by atoms with Crippen molar-refractivity contribution in [2.45, 2.75) is 6.54 Å². The third kappa shape index (κ3) is 3.46. The number of anilines is 2. The van der Waals surface area contributed by atoms with Crippen molar-refractivity contribution in [3.63, 3.8) is 0 Å². The van der Waals surface area contributed by atoms with E-state index in [2.05, 4.69) is 20.2 Å². The van der Waals surface area contributed by atoms with Gasteiger partial charge in [0.15, 0.2) is 0 Å². The highest BCUT2D eigenvalue weighted by Crippen LogP contribution is 2.16. The normalized spacial score (nSPS) is 14.6. The molecule has 0 atom stereocenters. The number of carbonyl (C=O) groups excluding carboxylic acids is 1. The Morgan fingerprint density at radius 2 is 1.88 bits per heavy atom. The summed E-state index contributed by atoms with van der Waals surface area (Å²) in [5.41, 5.74) is 1.63. The van der Waals surface area contributed by atoms with E-state index < -0.39 is 0 Å². The predicted octanol–water partition coefficient (Wildman–Crippen LogP) is 1.91. The summed E-state index contributed by atoms with van der Waals surface area (Å²) < 4.78 is 7.25. The number of nitrogens with one attached hydrogen (secondary N) is 1. The molecule has 4 rings (SSSR count). The van der Waals surface area contributed by atoms with Crippen molar-refractivity contribution in [3.8, 4) is 0 Å². The highest BCUT2D eigenvalue weighted by molar-refractivity contribution is 5.91. The van der Waals surface area contributed by atoms with Crippen LogP contribution in [-0.2, 0) is 16.1 Å². The molecule has 1 amide bonds. The first kappa shape index (κ1) is 15.6. The number of ether oxygens (including phenoxy) is 1. The first-order valence-electron chi connectivity index (χ1n) is 8.28. The number of para-hydroxylation sites is 1. The number of nitrogens with zero attached hydrogens (tertiary/aromatic N) is 4. The highest BCUT2D eigenvalue weighted by atomic mass is 16.5. The van der Waals surface area contributed by atoms with Gasteiger partial charge in [-0.3, -0.25) is 4.79 Å². The van der Waals surface area contributed by atoms with Crippen LogP contribution in [0.2, 0.25) is 0 Å². The van der Waals surface area contributed by atoms with Gasteiger partial charge in [0, 0.05) is 24.8 Å². The summed E-state index contributed by atoms with van der Waals surface area (Å²) in [6.45, 7) is 3.19. The van der Waals surface area contributed by atoms with E-state index in [4.69, 9.17) is 4.74 Å². The molecule has 0 saturated carbocycles. The van der Waals surface area contributed by atoms with E-state index >= 15 is 0 Å². The minimum Gasteiger partial charge on any atom is -0.378 e. The molecule has 7 nitrogen and oxygen atoms in total. The third-order valence-electron chi connectivity index (χ3n) is 4.21. The Labute approximate surface area is 145 Å². The summed E-state index contributed by atoms with van der Waals surface area (Å²) in [6.07, 6.45) is 5.20. The molecule has 0 aliphatic carbocycles. The zero-order valence-corrected chi connectivity index (χ0v) is 13.8. The Morgan fingerprint density at radius 3 is 2.68 bits per heavy atom. The van der Waals surface area contributed by atoms with Gasteiger partial charge in [-0.2, -0.15) is 0 Å². The smallest absolute Gasteiger partial charge is 0.244 e. The van der Waals surface area contributed by atoms with Crippen LogP contribution >= 0.6 is 0 Å². The number of aromatic nitrogens is 3. The molecule has 0 radical (unpaired) electrons. The second-order valence-electron chi connectivity index (χ2n) is 5.92. The Morgan fingerprint density at radius 1 is 1.12 bits per heavy atom. The Hall–Kier alpha value is -2.93. The summed E-state index contributed by atoms with van der Waals surface area (Å²) in [7, 11) is 0. The Bertz CT molecular complexity index is 869. The van der Waals surface area contributed by atoms with Crippen LogP contribution in [0.3, 0.4) is 0 Å². The summed E-state index contributed by atoms with van der Waals surface area (Å²) in [6, 6.07) is 9.99. The molecule has 1 fully saturated rings. The SMILES string of the molecule is O=C(Cn1ccc2ccccc21)Nc1cnc(N2CCOCC2)nc1. The van der Waals surface area contributed by atoms with Crippen LogP contribution in [0.5, 0.6) is 0 Å². The van der Waals surface area contributed by atoms with Crippen molar-refractivity contribution >= 4 is 28.4 Å².